The molecule has 1 unspecified atom stereocenters. The van der Waals surface area contributed by atoms with Crippen LogP contribution in [0.3, 0.4) is 0 Å². The predicted octanol–water partition coefficient (Wildman–Crippen LogP) is 1.63. The quantitative estimate of drug-likeness (QED) is 0.877. The van der Waals surface area contributed by atoms with Crippen LogP contribution in [0.1, 0.15) is 28.9 Å². The van der Waals surface area contributed by atoms with Crippen molar-refractivity contribution in [3.63, 3.8) is 0 Å². The van der Waals surface area contributed by atoms with Crippen molar-refractivity contribution in [2.24, 2.45) is 0 Å². The zero-order valence-corrected chi connectivity index (χ0v) is 14.5. The Balaban J connectivity index is 1.55. The van der Waals surface area contributed by atoms with Crippen molar-refractivity contribution >= 4 is 11.9 Å². The maximum atomic E-state index is 13.0. The first kappa shape index (κ1) is 18.1. The van der Waals surface area contributed by atoms with Gasteiger partial charge in [0.1, 0.15) is 11.9 Å². The Kier molecular flexibility index (Phi) is 5.32. The van der Waals surface area contributed by atoms with Crippen LogP contribution in [0.15, 0.2) is 36.7 Å². The number of nitrogens with zero attached hydrogens (tertiary/aromatic N) is 4. The number of aromatic nitrogens is 2. The molecule has 138 valence electrons. The lowest BCUT2D eigenvalue weighted by molar-refractivity contribution is -0.140. The van der Waals surface area contributed by atoms with Crippen molar-refractivity contribution in [2.45, 2.75) is 19.5 Å². The number of rotatable bonds is 5. The standard InChI is InChI=1S/C18H21FN4O3/c1-13(18(25)26)23-12-15(10-20-23)17(24)22-8-6-21(7-9-22)11-14-2-4-16(19)5-3-14/h2-5,10,12-13H,6-9,11H2,1H3,(H,25,26). The Morgan fingerprint density at radius 1 is 1.19 bits per heavy atom. The molecule has 1 aromatic heterocycles. The first-order chi connectivity index (χ1) is 12.4. The van der Waals surface area contributed by atoms with Gasteiger partial charge in [0.05, 0.1) is 11.8 Å². The van der Waals surface area contributed by atoms with Crippen LogP contribution in [0.5, 0.6) is 0 Å². The van der Waals surface area contributed by atoms with Crippen LogP contribution in [0.2, 0.25) is 0 Å². The monoisotopic (exact) mass is 360 g/mol. The fourth-order valence-electron chi connectivity index (χ4n) is 2.91. The number of aliphatic carboxylic acids is 1. The molecule has 1 fully saturated rings. The Morgan fingerprint density at radius 2 is 1.85 bits per heavy atom. The third kappa shape index (κ3) is 4.08. The first-order valence-electron chi connectivity index (χ1n) is 8.47. The molecule has 1 saturated heterocycles. The molecule has 8 heteroatoms. The van der Waals surface area contributed by atoms with Crippen LogP contribution in [-0.4, -0.2) is 62.7 Å². The minimum Gasteiger partial charge on any atom is -0.480 e. The summed E-state index contributed by atoms with van der Waals surface area (Å²) < 4.78 is 14.2. The highest BCUT2D eigenvalue weighted by Crippen LogP contribution is 2.13. The normalized spacial score (nSPS) is 16.5. The molecule has 1 amide bonds. The lowest BCUT2D eigenvalue weighted by Crippen LogP contribution is -2.48. The SMILES string of the molecule is CC(C(=O)O)n1cc(C(=O)N2CCN(Cc3ccc(F)cc3)CC2)cn1. The number of amides is 1. The molecule has 2 aromatic rings. The minimum absolute atomic E-state index is 0.143. The van der Waals surface area contributed by atoms with Gasteiger partial charge in [-0.05, 0) is 24.6 Å². The number of halogens is 1. The summed E-state index contributed by atoms with van der Waals surface area (Å²) in [6.07, 6.45) is 2.89. The minimum atomic E-state index is -0.999. The summed E-state index contributed by atoms with van der Waals surface area (Å²) in [7, 11) is 0. The van der Waals surface area contributed by atoms with E-state index in [9.17, 15) is 14.0 Å². The van der Waals surface area contributed by atoms with Gasteiger partial charge in [-0.3, -0.25) is 14.4 Å². The van der Waals surface area contributed by atoms with E-state index in [1.165, 1.54) is 36.1 Å². The van der Waals surface area contributed by atoms with E-state index in [1.807, 2.05) is 0 Å². The van der Waals surface area contributed by atoms with Crippen molar-refractivity contribution in [2.75, 3.05) is 26.2 Å². The fraction of sp³-hybridized carbons (Fsp3) is 0.389. The van der Waals surface area contributed by atoms with Gasteiger partial charge in [-0.15, -0.1) is 0 Å². The molecule has 0 radical (unpaired) electrons. The second-order valence-electron chi connectivity index (χ2n) is 6.42. The molecule has 26 heavy (non-hydrogen) atoms. The summed E-state index contributed by atoms with van der Waals surface area (Å²) in [5.74, 6) is -1.39. The highest BCUT2D eigenvalue weighted by Gasteiger charge is 2.24. The highest BCUT2D eigenvalue weighted by atomic mass is 19.1. The predicted molar refractivity (Wildman–Crippen MR) is 92.2 cm³/mol. The number of hydrogen-bond donors (Lipinski definition) is 1. The van der Waals surface area contributed by atoms with E-state index < -0.39 is 12.0 Å². The van der Waals surface area contributed by atoms with E-state index >= 15 is 0 Å². The Hall–Kier alpha value is -2.74. The molecule has 1 atom stereocenters. The van der Waals surface area contributed by atoms with Crippen LogP contribution < -0.4 is 0 Å². The lowest BCUT2D eigenvalue weighted by Gasteiger charge is -2.34. The van der Waals surface area contributed by atoms with E-state index in [-0.39, 0.29) is 11.7 Å². The zero-order valence-electron chi connectivity index (χ0n) is 14.5. The van der Waals surface area contributed by atoms with Gasteiger partial charge in [0.2, 0.25) is 0 Å². The fourth-order valence-corrected chi connectivity index (χ4v) is 2.91. The molecule has 1 N–H and O–H groups in total. The van der Waals surface area contributed by atoms with Crippen molar-refractivity contribution in [1.82, 2.24) is 19.6 Å². The third-order valence-electron chi connectivity index (χ3n) is 4.58. The van der Waals surface area contributed by atoms with Crippen molar-refractivity contribution in [3.8, 4) is 0 Å². The molecular weight excluding hydrogens is 339 g/mol. The Morgan fingerprint density at radius 3 is 2.46 bits per heavy atom. The summed E-state index contributed by atoms with van der Waals surface area (Å²) in [6.45, 7) is 4.85. The number of carbonyl (C=O) groups is 2. The average Bonchev–Trinajstić information content (AvgIpc) is 3.13. The molecule has 1 aliphatic rings. The van der Waals surface area contributed by atoms with Gasteiger partial charge in [0.15, 0.2) is 0 Å². The van der Waals surface area contributed by atoms with Gasteiger partial charge >= 0.3 is 5.97 Å². The van der Waals surface area contributed by atoms with E-state index in [1.54, 1.807) is 17.0 Å². The van der Waals surface area contributed by atoms with Gasteiger partial charge in [-0.2, -0.15) is 5.10 Å². The van der Waals surface area contributed by atoms with Crippen molar-refractivity contribution < 1.29 is 19.1 Å². The number of carboxylic acids is 1. The van der Waals surface area contributed by atoms with Crippen molar-refractivity contribution in [3.05, 3.63) is 53.6 Å². The number of hydrogen-bond acceptors (Lipinski definition) is 4. The van der Waals surface area contributed by atoms with Crippen LogP contribution in [0.25, 0.3) is 0 Å². The van der Waals surface area contributed by atoms with Crippen LogP contribution >= 0.6 is 0 Å². The van der Waals surface area contributed by atoms with E-state index in [0.717, 1.165) is 25.2 Å². The molecule has 1 aliphatic heterocycles. The maximum Gasteiger partial charge on any atom is 0.328 e. The highest BCUT2D eigenvalue weighted by molar-refractivity contribution is 5.93. The Labute approximate surface area is 150 Å². The second-order valence-corrected chi connectivity index (χ2v) is 6.42. The van der Waals surface area contributed by atoms with Gasteiger partial charge in [0.25, 0.3) is 5.91 Å². The first-order valence-corrected chi connectivity index (χ1v) is 8.47. The molecular formula is C18H21FN4O3. The van der Waals surface area contributed by atoms with Crippen LogP contribution in [-0.2, 0) is 11.3 Å². The summed E-state index contributed by atoms with van der Waals surface area (Å²) in [5, 5.41) is 13.0. The average molecular weight is 360 g/mol. The summed E-state index contributed by atoms with van der Waals surface area (Å²) >= 11 is 0. The summed E-state index contributed by atoms with van der Waals surface area (Å²) in [5.41, 5.74) is 1.43. The van der Waals surface area contributed by atoms with Gasteiger partial charge in [-0.1, -0.05) is 12.1 Å². The number of benzene rings is 1. The van der Waals surface area contributed by atoms with Gasteiger partial charge in [0, 0.05) is 38.9 Å². The smallest absolute Gasteiger partial charge is 0.328 e. The molecule has 3 rings (SSSR count). The lowest BCUT2D eigenvalue weighted by atomic mass is 10.2. The second kappa shape index (κ2) is 7.65. The molecule has 1 aromatic carbocycles. The molecule has 2 heterocycles. The van der Waals surface area contributed by atoms with Gasteiger partial charge in [-0.25, -0.2) is 9.18 Å². The van der Waals surface area contributed by atoms with E-state index in [0.29, 0.717) is 18.7 Å². The third-order valence-corrected chi connectivity index (χ3v) is 4.58. The maximum absolute atomic E-state index is 13.0. The van der Waals surface area contributed by atoms with Gasteiger partial charge < -0.3 is 10.0 Å². The Bertz CT molecular complexity index is 782. The van der Waals surface area contributed by atoms with Crippen molar-refractivity contribution in [1.29, 1.82) is 0 Å². The number of piperazine rings is 1. The van der Waals surface area contributed by atoms with Crippen LogP contribution in [0, 0.1) is 5.82 Å². The molecule has 0 bridgehead atoms. The summed E-state index contributed by atoms with van der Waals surface area (Å²) in [4.78, 5) is 27.5. The van der Waals surface area contributed by atoms with E-state index in [4.69, 9.17) is 5.11 Å². The number of carbonyl (C=O) groups excluding carboxylic acids is 1. The largest absolute Gasteiger partial charge is 0.480 e. The zero-order chi connectivity index (χ0) is 18.7. The molecule has 7 nitrogen and oxygen atoms in total. The molecule has 0 aliphatic carbocycles. The van der Waals surface area contributed by atoms with E-state index in [2.05, 4.69) is 10.00 Å². The topological polar surface area (TPSA) is 78.7 Å². The summed E-state index contributed by atoms with van der Waals surface area (Å²) in [6, 6.07) is 5.62. The number of carboxylic acid groups (broad SMARTS) is 1. The van der Waals surface area contributed by atoms with Crippen LogP contribution in [0.4, 0.5) is 4.39 Å². The molecule has 0 spiro atoms. The molecule has 0 saturated carbocycles.